The highest BCUT2D eigenvalue weighted by Gasteiger charge is 2.20. The second kappa shape index (κ2) is 8.04. The van der Waals surface area contributed by atoms with Gasteiger partial charge in [-0.1, -0.05) is 0 Å². The van der Waals surface area contributed by atoms with Crippen LogP contribution in [0.5, 0.6) is 11.5 Å². The highest BCUT2D eigenvalue weighted by Crippen LogP contribution is 2.33. The number of phenolic OH excluding ortho intramolecular Hbond substituents is 1. The molecule has 29 heavy (non-hydrogen) atoms. The zero-order valence-electron chi connectivity index (χ0n) is 15.8. The Morgan fingerprint density at radius 2 is 2.24 bits per heavy atom. The summed E-state index contributed by atoms with van der Waals surface area (Å²) in [5.41, 5.74) is 3.97. The van der Waals surface area contributed by atoms with Crippen LogP contribution in [0.2, 0.25) is 0 Å². The molecular formula is C20H20N4O4S. The molecule has 9 heteroatoms. The largest absolute Gasteiger partial charge is 0.504 e. The summed E-state index contributed by atoms with van der Waals surface area (Å²) in [7, 11) is 1.45. The van der Waals surface area contributed by atoms with Gasteiger partial charge in [-0.05, 0) is 55.0 Å². The molecule has 2 N–H and O–H groups in total. The number of aromatic hydroxyl groups is 1. The third-order valence-corrected chi connectivity index (χ3v) is 6.06. The standard InChI is InChI=1S/C20H20N4O4S/c1-28-15-8-12(6-7-14(15)25)9-22-23-17(26)10-24-11-21-19-18(20(24)27)13-4-2-3-5-16(13)29-19/h6-9,11,25H,2-5,10H2,1H3,(H,23,26)/b22-9+. The minimum Gasteiger partial charge on any atom is -0.504 e. The van der Waals surface area contributed by atoms with Crippen LogP contribution in [-0.2, 0) is 24.2 Å². The van der Waals surface area contributed by atoms with Gasteiger partial charge in [-0.15, -0.1) is 11.3 Å². The third-order valence-electron chi connectivity index (χ3n) is 4.86. The lowest BCUT2D eigenvalue weighted by Gasteiger charge is -2.10. The van der Waals surface area contributed by atoms with E-state index in [1.807, 2.05) is 0 Å². The number of hydrazone groups is 1. The third kappa shape index (κ3) is 3.86. The molecule has 150 valence electrons. The van der Waals surface area contributed by atoms with Crippen LogP contribution in [0.3, 0.4) is 0 Å². The Bertz CT molecular complexity index is 1170. The van der Waals surface area contributed by atoms with E-state index in [9.17, 15) is 14.7 Å². The summed E-state index contributed by atoms with van der Waals surface area (Å²) in [5.74, 6) is -0.101. The Labute approximate surface area is 170 Å². The molecular weight excluding hydrogens is 392 g/mol. The molecule has 8 nitrogen and oxygen atoms in total. The van der Waals surface area contributed by atoms with E-state index in [0.717, 1.165) is 36.1 Å². The fraction of sp³-hybridized carbons (Fsp3) is 0.300. The minimum atomic E-state index is -0.431. The minimum absolute atomic E-state index is 0.0200. The average Bonchev–Trinajstić information content (AvgIpc) is 3.10. The Kier molecular flexibility index (Phi) is 5.30. The molecule has 0 saturated heterocycles. The van der Waals surface area contributed by atoms with Crippen molar-refractivity contribution >= 4 is 33.7 Å². The highest BCUT2D eigenvalue weighted by molar-refractivity contribution is 7.18. The maximum absolute atomic E-state index is 12.9. The molecule has 1 amide bonds. The zero-order valence-corrected chi connectivity index (χ0v) is 16.7. The Morgan fingerprint density at radius 3 is 3.07 bits per heavy atom. The van der Waals surface area contributed by atoms with E-state index < -0.39 is 5.91 Å². The topological polar surface area (TPSA) is 106 Å². The smallest absolute Gasteiger partial charge is 0.262 e. The Hall–Kier alpha value is -3.20. The van der Waals surface area contributed by atoms with Crippen molar-refractivity contribution in [3.8, 4) is 11.5 Å². The molecule has 0 unspecified atom stereocenters. The van der Waals surface area contributed by atoms with E-state index in [4.69, 9.17) is 4.74 Å². The first-order chi connectivity index (χ1) is 14.1. The molecule has 1 aromatic carbocycles. The number of methoxy groups -OCH3 is 1. The van der Waals surface area contributed by atoms with Crippen molar-refractivity contribution in [3.63, 3.8) is 0 Å². The van der Waals surface area contributed by atoms with Gasteiger partial charge in [-0.25, -0.2) is 10.4 Å². The first kappa shape index (κ1) is 19.1. The van der Waals surface area contributed by atoms with Crippen molar-refractivity contribution in [2.24, 2.45) is 5.10 Å². The number of aryl methyl sites for hydroxylation is 2. The zero-order chi connectivity index (χ0) is 20.4. The summed E-state index contributed by atoms with van der Waals surface area (Å²) in [4.78, 5) is 31.5. The number of benzene rings is 1. The van der Waals surface area contributed by atoms with Gasteiger partial charge < -0.3 is 9.84 Å². The molecule has 2 aromatic heterocycles. The number of thiophene rings is 1. The lowest BCUT2D eigenvalue weighted by Crippen LogP contribution is -2.30. The van der Waals surface area contributed by atoms with Gasteiger partial charge in [0.1, 0.15) is 11.4 Å². The van der Waals surface area contributed by atoms with Gasteiger partial charge in [0.15, 0.2) is 11.5 Å². The number of hydrogen-bond acceptors (Lipinski definition) is 7. The highest BCUT2D eigenvalue weighted by atomic mass is 32.1. The summed E-state index contributed by atoms with van der Waals surface area (Å²) in [5, 5.41) is 14.1. The number of amides is 1. The Morgan fingerprint density at radius 1 is 1.41 bits per heavy atom. The van der Waals surface area contributed by atoms with Crippen molar-refractivity contribution in [1.29, 1.82) is 0 Å². The maximum atomic E-state index is 12.9. The van der Waals surface area contributed by atoms with E-state index in [2.05, 4.69) is 15.5 Å². The molecule has 0 radical (unpaired) electrons. The van der Waals surface area contributed by atoms with Gasteiger partial charge in [0, 0.05) is 4.88 Å². The second-order valence-corrected chi connectivity index (χ2v) is 7.88. The summed E-state index contributed by atoms with van der Waals surface area (Å²) in [6.45, 7) is -0.164. The van der Waals surface area contributed by atoms with Crippen molar-refractivity contribution in [1.82, 2.24) is 15.0 Å². The van der Waals surface area contributed by atoms with Crippen LogP contribution in [0.4, 0.5) is 0 Å². The van der Waals surface area contributed by atoms with E-state index >= 15 is 0 Å². The summed E-state index contributed by atoms with van der Waals surface area (Å²) in [6, 6.07) is 4.70. The normalized spacial score (nSPS) is 13.6. The predicted octanol–water partition coefficient (Wildman–Crippen LogP) is 2.20. The van der Waals surface area contributed by atoms with Gasteiger partial charge >= 0.3 is 0 Å². The molecule has 0 saturated carbocycles. The van der Waals surface area contributed by atoms with Gasteiger partial charge in [0.25, 0.3) is 11.5 Å². The number of carbonyl (C=O) groups excluding carboxylic acids is 1. The van der Waals surface area contributed by atoms with E-state index in [0.29, 0.717) is 16.7 Å². The van der Waals surface area contributed by atoms with Crippen molar-refractivity contribution in [2.75, 3.05) is 7.11 Å². The molecule has 3 aromatic rings. The first-order valence-corrected chi connectivity index (χ1v) is 10.1. The molecule has 0 bridgehead atoms. The number of nitrogens with one attached hydrogen (secondary N) is 1. The van der Waals surface area contributed by atoms with Gasteiger partial charge in [-0.3, -0.25) is 14.2 Å². The fourth-order valence-corrected chi connectivity index (χ4v) is 4.66. The SMILES string of the molecule is COc1cc(/C=N/NC(=O)Cn2cnc3sc4c(c3c2=O)CCCC4)ccc1O. The molecule has 2 heterocycles. The molecule has 1 aliphatic rings. The molecule has 0 spiro atoms. The molecule has 0 aliphatic heterocycles. The summed E-state index contributed by atoms with van der Waals surface area (Å²) >= 11 is 1.58. The molecule has 0 atom stereocenters. The first-order valence-electron chi connectivity index (χ1n) is 9.25. The number of hydrogen-bond donors (Lipinski definition) is 2. The van der Waals surface area contributed by atoms with Crippen LogP contribution >= 0.6 is 11.3 Å². The Balaban J connectivity index is 1.48. The van der Waals surface area contributed by atoms with Gasteiger partial charge in [0.2, 0.25) is 0 Å². The summed E-state index contributed by atoms with van der Waals surface area (Å²) < 4.78 is 6.35. The number of nitrogens with zero attached hydrogens (tertiary/aromatic N) is 3. The molecule has 4 rings (SSSR count). The predicted molar refractivity (Wildman–Crippen MR) is 111 cm³/mol. The van der Waals surface area contributed by atoms with Crippen LogP contribution in [0, 0.1) is 0 Å². The van der Waals surface area contributed by atoms with Crippen LogP contribution in [0.15, 0.2) is 34.4 Å². The number of aromatic nitrogens is 2. The van der Waals surface area contributed by atoms with Crippen molar-refractivity contribution in [2.45, 2.75) is 32.2 Å². The average molecular weight is 412 g/mol. The van der Waals surface area contributed by atoms with Crippen molar-refractivity contribution < 1.29 is 14.6 Å². The van der Waals surface area contributed by atoms with Crippen LogP contribution in [0.25, 0.3) is 10.2 Å². The lowest BCUT2D eigenvalue weighted by atomic mass is 9.97. The number of phenols is 1. The van der Waals surface area contributed by atoms with Crippen LogP contribution in [0.1, 0.15) is 28.8 Å². The lowest BCUT2D eigenvalue weighted by molar-refractivity contribution is -0.121. The van der Waals surface area contributed by atoms with Crippen LogP contribution < -0.4 is 15.7 Å². The van der Waals surface area contributed by atoms with E-state index in [1.54, 1.807) is 23.5 Å². The number of fused-ring (bicyclic) bond motifs is 3. The number of rotatable bonds is 5. The molecule has 1 aliphatic carbocycles. The molecule has 0 fully saturated rings. The monoisotopic (exact) mass is 412 g/mol. The van der Waals surface area contributed by atoms with E-state index in [1.165, 1.54) is 35.2 Å². The van der Waals surface area contributed by atoms with Crippen molar-refractivity contribution in [3.05, 3.63) is 50.9 Å². The van der Waals surface area contributed by atoms with Gasteiger partial charge in [-0.2, -0.15) is 5.10 Å². The number of carbonyl (C=O) groups is 1. The second-order valence-electron chi connectivity index (χ2n) is 6.79. The maximum Gasteiger partial charge on any atom is 0.262 e. The van der Waals surface area contributed by atoms with Crippen LogP contribution in [-0.4, -0.2) is 33.9 Å². The quantitative estimate of drug-likeness (QED) is 0.494. The number of ether oxygens (including phenoxy) is 1. The van der Waals surface area contributed by atoms with Gasteiger partial charge in [0.05, 0.1) is 25.0 Å². The fourth-order valence-electron chi connectivity index (χ4n) is 3.44. The van der Waals surface area contributed by atoms with E-state index in [-0.39, 0.29) is 17.9 Å². The summed E-state index contributed by atoms with van der Waals surface area (Å²) in [6.07, 6.45) is 6.95.